The second kappa shape index (κ2) is 11.0. The molecule has 0 aliphatic heterocycles. The summed E-state index contributed by atoms with van der Waals surface area (Å²) >= 11 is 3.63. The van der Waals surface area contributed by atoms with Gasteiger partial charge >= 0.3 is 191 Å². The Bertz CT molecular complexity index is 782. The topological polar surface area (TPSA) is 31.7 Å². The average Bonchev–Trinajstić information content (AvgIpc) is 2.66. The van der Waals surface area contributed by atoms with Crippen molar-refractivity contribution in [2.45, 2.75) is 79.6 Å². The Morgan fingerprint density at radius 1 is 0.767 bits per heavy atom. The molecule has 1 aromatic heterocycles. The molecule has 6 heteroatoms. The Morgan fingerprint density at radius 3 is 1.63 bits per heavy atom. The zero-order valence-corrected chi connectivity index (χ0v) is 22.3. The summed E-state index contributed by atoms with van der Waals surface area (Å²) in [5, 5.41) is 0. The van der Waals surface area contributed by atoms with Gasteiger partial charge in [0.25, 0.3) is 0 Å². The molecule has 2 aromatic rings. The van der Waals surface area contributed by atoms with E-state index in [1.165, 1.54) is 0 Å². The summed E-state index contributed by atoms with van der Waals surface area (Å²) in [4.78, 5) is 4.67. The van der Waals surface area contributed by atoms with Gasteiger partial charge in [0.15, 0.2) is 0 Å². The van der Waals surface area contributed by atoms with Gasteiger partial charge in [-0.15, -0.1) is 0 Å². The van der Waals surface area contributed by atoms with Crippen molar-refractivity contribution < 1.29 is 0 Å². The number of hydrogen-bond acceptors (Lipinski definition) is 4. The quantitative estimate of drug-likeness (QED) is 0.245. The van der Waals surface area contributed by atoms with E-state index in [9.17, 15) is 0 Å². The second-order valence-electron chi connectivity index (χ2n) is 8.68. The van der Waals surface area contributed by atoms with Gasteiger partial charge < -0.3 is 0 Å². The standard InChI is InChI=1S/C24H37N4PSe/c1-18(2)27(19(3)4)29(30,28(20(5)6)21(7)8)26-24(22-14-10-9-11-15-22)23-16-12-13-17-25-23/h9-21H,1-8H3/b26-24-. The number of nitrogens with zero attached hydrogens (tertiary/aromatic N) is 4. The molecule has 0 fully saturated rings. The first-order valence-electron chi connectivity index (χ1n) is 10.8. The van der Waals surface area contributed by atoms with Gasteiger partial charge in [-0.05, 0) is 0 Å². The van der Waals surface area contributed by atoms with Crippen LogP contribution in [0, 0.1) is 0 Å². The van der Waals surface area contributed by atoms with Crippen LogP contribution in [0.2, 0.25) is 0 Å². The maximum absolute atomic E-state index is 5.60. The van der Waals surface area contributed by atoms with Crippen LogP contribution in [0.5, 0.6) is 0 Å². The van der Waals surface area contributed by atoms with Crippen LogP contribution >= 0.6 is 5.96 Å². The van der Waals surface area contributed by atoms with Gasteiger partial charge in [-0.3, -0.25) is 0 Å². The van der Waals surface area contributed by atoms with E-state index in [-0.39, 0.29) is 0 Å². The fraction of sp³-hybridized carbons (Fsp3) is 0.500. The van der Waals surface area contributed by atoms with Gasteiger partial charge in [-0.25, -0.2) is 0 Å². The molecule has 4 nitrogen and oxygen atoms in total. The van der Waals surface area contributed by atoms with E-state index in [4.69, 9.17) is 4.76 Å². The van der Waals surface area contributed by atoms with Crippen molar-refractivity contribution in [3.05, 3.63) is 66.0 Å². The van der Waals surface area contributed by atoms with Gasteiger partial charge in [-0.1, -0.05) is 0 Å². The van der Waals surface area contributed by atoms with Crippen LogP contribution in [0.1, 0.15) is 66.6 Å². The van der Waals surface area contributed by atoms with Crippen LogP contribution < -0.4 is 0 Å². The first-order chi connectivity index (χ1) is 14.1. The average molecular weight is 492 g/mol. The van der Waals surface area contributed by atoms with Gasteiger partial charge in [0.2, 0.25) is 0 Å². The van der Waals surface area contributed by atoms with Crippen molar-refractivity contribution in [2.75, 3.05) is 0 Å². The van der Waals surface area contributed by atoms with Crippen molar-refractivity contribution >= 4 is 26.8 Å². The normalized spacial score (nSPS) is 13.5. The van der Waals surface area contributed by atoms with E-state index >= 15 is 0 Å². The molecule has 164 valence electrons. The van der Waals surface area contributed by atoms with Crippen LogP contribution in [0.15, 0.2) is 59.5 Å². The van der Waals surface area contributed by atoms with Crippen molar-refractivity contribution in [2.24, 2.45) is 4.76 Å². The maximum atomic E-state index is 5.60. The summed E-state index contributed by atoms with van der Waals surface area (Å²) in [6, 6.07) is 17.9. The van der Waals surface area contributed by atoms with Crippen LogP contribution in [-0.4, -0.2) is 59.3 Å². The summed E-state index contributed by atoms with van der Waals surface area (Å²) in [6.45, 7) is 18.1. The Kier molecular flexibility index (Phi) is 9.21. The Hall–Kier alpha value is -1.09. The summed E-state index contributed by atoms with van der Waals surface area (Å²) < 4.78 is 10.7. The van der Waals surface area contributed by atoms with Gasteiger partial charge in [0, 0.05) is 0 Å². The first kappa shape index (κ1) is 25.2. The molecule has 30 heavy (non-hydrogen) atoms. The SMILES string of the molecule is CC(C)N(C(C)C)P(=[Se])(/N=C(/c1ccccc1)c1ccccn1)N(C(C)C)C(C)C. The van der Waals surface area contributed by atoms with E-state index in [0.29, 0.717) is 24.2 Å². The number of benzene rings is 1. The number of pyridine rings is 1. The van der Waals surface area contributed by atoms with Gasteiger partial charge in [0.05, 0.1) is 0 Å². The molecule has 1 aromatic carbocycles. The molecular weight excluding hydrogens is 454 g/mol. The molecule has 2 rings (SSSR count). The second-order valence-corrected chi connectivity index (χ2v) is 13.9. The predicted octanol–water partition coefficient (Wildman–Crippen LogP) is 6.00. The fourth-order valence-electron chi connectivity index (χ4n) is 4.10. The van der Waals surface area contributed by atoms with Crippen LogP contribution in [-0.2, 0) is 0 Å². The molecule has 1 heterocycles. The zero-order chi connectivity index (χ0) is 22.5. The Morgan fingerprint density at radius 2 is 1.23 bits per heavy atom. The minimum atomic E-state index is -2.21. The van der Waals surface area contributed by atoms with Crippen LogP contribution in [0.3, 0.4) is 0 Å². The predicted molar refractivity (Wildman–Crippen MR) is 133 cm³/mol. The number of hydrogen-bond donors (Lipinski definition) is 0. The molecule has 0 spiro atoms. The minimum absolute atomic E-state index is 0.351. The van der Waals surface area contributed by atoms with Crippen molar-refractivity contribution in [1.82, 2.24) is 14.3 Å². The number of rotatable bonds is 9. The summed E-state index contributed by atoms with van der Waals surface area (Å²) in [7, 11) is 0. The summed E-state index contributed by atoms with van der Waals surface area (Å²) in [5.41, 5.74) is 2.94. The third-order valence-corrected chi connectivity index (χ3v) is 11.3. The van der Waals surface area contributed by atoms with E-state index in [2.05, 4.69) is 115 Å². The molecule has 0 N–H and O–H groups in total. The molecular formula is C24H37N4PSe. The third kappa shape index (κ3) is 5.78. The molecule has 0 amide bonds. The van der Waals surface area contributed by atoms with Crippen molar-refractivity contribution in [3.8, 4) is 0 Å². The molecule has 0 atom stereocenters. The first-order valence-corrected chi connectivity index (χ1v) is 14.7. The van der Waals surface area contributed by atoms with Gasteiger partial charge in [0.1, 0.15) is 0 Å². The molecule has 0 bridgehead atoms. The number of aromatic nitrogens is 1. The molecule has 0 aliphatic carbocycles. The van der Waals surface area contributed by atoms with E-state index < -0.39 is 5.96 Å². The monoisotopic (exact) mass is 492 g/mol. The molecule has 0 saturated carbocycles. The molecule has 0 unspecified atom stereocenters. The van der Waals surface area contributed by atoms with Crippen molar-refractivity contribution in [3.63, 3.8) is 0 Å². The van der Waals surface area contributed by atoms with Crippen LogP contribution in [0.25, 0.3) is 0 Å². The summed E-state index contributed by atoms with van der Waals surface area (Å²) in [6.07, 6.45) is 1.85. The molecule has 0 aliphatic rings. The molecule has 0 radical (unpaired) electrons. The fourth-order valence-corrected chi connectivity index (χ4v) is 12.7. The Balaban J connectivity index is 2.86. The summed E-state index contributed by atoms with van der Waals surface area (Å²) in [5.74, 6) is -2.21. The molecule has 0 saturated heterocycles. The van der Waals surface area contributed by atoms with E-state index in [0.717, 1.165) is 17.0 Å². The van der Waals surface area contributed by atoms with E-state index in [1.807, 2.05) is 24.4 Å². The Labute approximate surface area is 191 Å². The third-order valence-electron chi connectivity index (χ3n) is 4.90. The van der Waals surface area contributed by atoms with Crippen molar-refractivity contribution in [1.29, 1.82) is 0 Å². The van der Waals surface area contributed by atoms with Gasteiger partial charge in [-0.2, -0.15) is 0 Å². The zero-order valence-electron chi connectivity index (χ0n) is 19.6. The van der Waals surface area contributed by atoms with E-state index in [1.54, 1.807) is 0 Å². The van der Waals surface area contributed by atoms with Crippen LogP contribution in [0.4, 0.5) is 0 Å².